The molecule has 0 saturated heterocycles. The fraction of sp³-hybridized carbons (Fsp3) is 0.375. The monoisotopic (exact) mass is 516 g/mol. The summed E-state index contributed by atoms with van der Waals surface area (Å²) in [5.41, 5.74) is 5.93. The van der Waals surface area contributed by atoms with Crippen LogP contribution in [0.25, 0.3) is 0 Å². The Morgan fingerprint density at radius 2 is 1.75 bits per heavy atom. The van der Waals surface area contributed by atoms with Crippen LogP contribution in [-0.4, -0.2) is 57.0 Å². The van der Waals surface area contributed by atoms with Crippen molar-refractivity contribution in [3.05, 3.63) is 51.7 Å². The van der Waals surface area contributed by atoms with Crippen LogP contribution in [0.15, 0.2) is 36.4 Å². The van der Waals surface area contributed by atoms with E-state index >= 15 is 0 Å². The minimum atomic E-state index is -1.55. The molecule has 0 spiro atoms. The van der Waals surface area contributed by atoms with Crippen molar-refractivity contribution in [3.63, 3.8) is 0 Å². The molecule has 2 amide bonds. The van der Waals surface area contributed by atoms with E-state index in [0.717, 1.165) is 43.4 Å². The lowest BCUT2D eigenvalue weighted by Crippen LogP contribution is -2.51. The fourth-order valence-corrected chi connectivity index (χ4v) is 4.85. The first kappa shape index (κ1) is 26.7. The second-order valence-corrected chi connectivity index (χ2v) is 9.62. The van der Waals surface area contributed by atoms with Gasteiger partial charge in [0.25, 0.3) is 0 Å². The van der Waals surface area contributed by atoms with Gasteiger partial charge in [-0.05, 0) is 49.2 Å². The molecule has 1 fully saturated rings. The Morgan fingerprint density at radius 3 is 2.33 bits per heavy atom. The number of urea groups is 1. The zero-order chi connectivity index (χ0) is 26.2. The Labute approximate surface area is 211 Å². The molecule has 2 aromatic rings. The Hall–Kier alpha value is -3.93. The molecule has 36 heavy (non-hydrogen) atoms. The normalized spacial score (nSPS) is 14.4. The van der Waals surface area contributed by atoms with E-state index in [1.54, 1.807) is 24.3 Å². The summed E-state index contributed by atoms with van der Waals surface area (Å²) in [4.78, 5) is 50.6. The van der Waals surface area contributed by atoms with Crippen LogP contribution in [0.1, 0.15) is 58.6 Å². The smallest absolute Gasteiger partial charge is 0.353 e. The topological polar surface area (TPSA) is 183 Å². The third kappa shape index (κ3) is 7.28. The third-order valence-electron chi connectivity index (χ3n) is 5.82. The van der Waals surface area contributed by atoms with Gasteiger partial charge >= 0.3 is 23.9 Å². The number of carbonyl (C=O) groups is 4. The van der Waals surface area contributed by atoms with Crippen LogP contribution in [0.3, 0.4) is 0 Å². The summed E-state index contributed by atoms with van der Waals surface area (Å²) in [7, 11) is 0. The summed E-state index contributed by atoms with van der Waals surface area (Å²) < 4.78 is 5.38. The van der Waals surface area contributed by atoms with Gasteiger partial charge in [-0.3, -0.25) is 10.2 Å². The molecule has 3 rings (SSSR count). The SMILES string of the molecule is N=C(N)c1ccc(OC(=O)c2ccc(CN(C(=O)N[C@@H](CC(=O)O)C(=O)O)C3CCCCC3)s2)cc1. The molecule has 11 nitrogen and oxygen atoms in total. The van der Waals surface area contributed by atoms with Gasteiger partial charge < -0.3 is 30.9 Å². The summed E-state index contributed by atoms with van der Waals surface area (Å²) in [5.74, 6) is -3.14. The number of hydrogen-bond acceptors (Lipinski definition) is 7. The van der Waals surface area contributed by atoms with Gasteiger partial charge in [0, 0.05) is 16.5 Å². The summed E-state index contributed by atoms with van der Waals surface area (Å²) in [6.07, 6.45) is 3.67. The summed E-state index contributed by atoms with van der Waals surface area (Å²) >= 11 is 1.15. The fourth-order valence-electron chi connectivity index (χ4n) is 3.97. The van der Waals surface area contributed by atoms with Crippen molar-refractivity contribution < 1.29 is 34.1 Å². The number of nitrogens with zero attached hydrogens (tertiary/aromatic N) is 1. The van der Waals surface area contributed by atoms with Gasteiger partial charge in [-0.1, -0.05) is 19.3 Å². The number of carboxylic acid groups (broad SMARTS) is 2. The number of aliphatic carboxylic acids is 2. The van der Waals surface area contributed by atoms with Crippen molar-refractivity contribution in [1.29, 1.82) is 5.41 Å². The second-order valence-electron chi connectivity index (χ2n) is 8.45. The summed E-state index contributed by atoms with van der Waals surface area (Å²) in [6, 6.07) is 7.17. The Kier molecular flexibility index (Phi) is 9.01. The summed E-state index contributed by atoms with van der Waals surface area (Å²) in [5, 5.41) is 28.1. The highest BCUT2D eigenvalue weighted by Gasteiger charge is 2.30. The van der Waals surface area contributed by atoms with Crippen LogP contribution >= 0.6 is 11.3 Å². The lowest BCUT2D eigenvalue weighted by molar-refractivity contribution is -0.145. The van der Waals surface area contributed by atoms with E-state index in [1.807, 2.05) is 0 Å². The molecule has 1 atom stereocenters. The van der Waals surface area contributed by atoms with Crippen LogP contribution in [0, 0.1) is 5.41 Å². The first-order valence-corrected chi connectivity index (χ1v) is 12.2. The number of nitrogen functional groups attached to an aromatic ring is 1. The van der Waals surface area contributed by atoms with Gasteiger partial charge in [0.2, 0.25) is 0 Å². The first-order chi connectivity index (χ1) is 17.1. The molecule has 6 N–H and O–H groups in total. The molecule has 0 bridgehead atoms. The number of hydrogen-bond donors (Lipinski definition) is 5. The van der Waals surface area contributed by atoms with Crippen LogP contribution < -0.4 is 15.8 Å². The molecule has 1 aromatic heterocycles. The van der Waals surface area contributed by atoms with Gasteiger partial charge in [0.1, 0.15) is 22.5 Å². The molecule has 1 aliphatic rings. The molecule has 0 aliphatic heterocycles. The number of rotatable bonds is 10. The number of carbonyl (C=O) groups excluding carboxylic acids is 2. The number of amides is 2. The number of nitrogens with two attached hydrogens (primary N) is 1. The molecule has 1 heterocycles. The lowest BCUT2D eigenvalue weighted by Gasteiger charge is -2.34. The predicted molar refractivity (Wildman–Crippen MR) is 131 cm³/mol. The molecule has 1 aromatic carbocycles. The Balaban J connectivity index is 1.71. The highest BCUT2D eigenvalue weighted by molar-refractivity contribution is 7.13. The number of amidine groups is 1. The van der Waals surface area contributed by atoms with E-state index in [-0.39, 0.29) is 18.4 Å². The number of carboxylic acids is 2. The standard InChI is InChI=1S/C24H28N4O7S/c25-21(26)14-6-8-16(9-7-14)35-23(33)19-11-10-17(36-19)13-28(15-4-2-1-3-5-15)24(34)27-18(22(31)32)12-20(29)30/h6-11,15,18H,1-5,12-13H2,(H3,25,26)(H,27,34)(H,29,30)(H,31,32)/t18-/m0/s1. The van der Waals surface area contributed by atoms with E-state index in [2.05, 4.69) is 5.32 Å². The van der Waals surface area contributed by atoms with Crippen LogP contribution in [0.5, 0.6) is 5.75 Å². The zero-order valence-corrected chi connectivity index (χ0v) is 20.3. The van der Waals surface area contributed by atoms with Crippen molar-refractivity contribution in [3.8, 4) is 5.75 Å². The van der Waals surface area contributed by atoms with E-state index in [4.69, 9.17) is 21.0 Å². The number of benzene rings is 1. The Morgan fingerprint density at radius 1 is 1.08 bits per heavy atom. The average molecular weight is 517 g/mol. The number of nitrogens with one attached hydrogen (secondary N) is 2. The minimum absolute atomic E-state index is 0.0973. The quantitative estimate of drug-likeness (QED) is 0.138. The van der Waals surface area contributed by atoms with Crippen molar-refractivity contribution >= 4 is 41.1 Å². The number of thiophene rings is 1. The molecule has 192 valence electrons. The molecule has 1 saturated carbocycles. The first-order valence-electron chi connectivity index (χ1n) is 11.4. The molecular formula is C24H28N4O7S. The van der Waals surface area contributed by atoms with E-state index in [0.29, 0.717) is 21.1 Å². The molecular weight excluding hydrogens is 488 g/mol. The Bertz CT molecular complexity index is 1130. The van der Waals surface area contributed by atoms with E-state index in [9.17, 15) is 24.3 Å². The van der Waals surface area contributed by atoms with Crippen molar-refractivity contribution in [1.82, 2.24) is 10.2 Å². The van der Waals surface area contributed by atoms with Crippen molar-refractivity contribution in [2.45, 2.75) is 57.2 Å². The maximum Gasteiger partial charge on any atom is 0.353 e. The molecule has 0 unspecified atom stereocenters. The highest BCUT2D eigenvalue weighted by Crippen LogP contribution is 2.27. The van der Waals surface area contributed by atoms with Crippen molar-refractivity contribution in [2.75, 3.05) is 0 Å². The highest BCUT2D eigenvalue weighted by atomic mass is 32.1. The van der Waals surface area contributed by atoms with Crippen molar-refractivity contribution in [2.24, 2.45) is 5.73 Å². The maximum atomic E-state index is 13.0. The molecule has 1 aliphatic carbocycles. The minimum Gasteiger partial charge on any atom is -0.481 e. The molecule has 0 radical (unpaired) electrons. The largest absolute Gasteiger partial charge is 0.481 e. The van der Waals surface area contributed by atoms with Crippen LogP contribution in [0.2, 0.25) is 0 Å². The summed E-state index contributed by atoms with van der Waals surface area (Å²) in [6.45, 7) is 0.140. The zero-order valence-electron chi connectivity index (χ0n) is 19.4. The van der Waals surface area contributed by atoms with Crippen LogP contribution in [0.4, 0.5) is 4.79 Å². The second kappa shape index (κ2) is 12.2. The third-order valence-corrected chi connectivity index (χ3v) is 6.87. The van der Waals surface area contributed by atoms with E-state index < -0.39 is 36.4 Å². The van der Waals surface area contributed by atoms with Gasteiger partial charge in [0.05, 0.1) is 13.0 Å². The van der Waals surface area contributed by atoms with Crippen LogP contribution in [-0.2, 0) is 16.1 Å². The predicted octanol–water partition coefficient (Wildman–Crippen LogP) is 3.02. The lowest BCUT2D eigenvalue weighted by atomic mass is 9.94. The molecule has 12 heteroatoms. The number of ether oxygens (including phenoxy) is 1. The van der Waals surface area contributed by atoms with Gasteiger partial charge in [0.15, 0.2) is 0 Å². The average Bonchev–Trinajstić information content (AvgIpc) is 3.31. The number of esters is 1. The van der Waals surface area contributed by atoms with Gasteiger partial charge in [-0.15, -0.1) is 11.3 Å². The van der Waals surface area contributed by atoms with Gasteiger partial charge in [-0.2, -0.15) is 0 Å². The maximum absolute atomic E-state index is 13.0. The van der Waals surface area contributed by atoms with Gasteiger partial charge in [-0.25, -0.2) is 14.4 Å². The van der Waals surface area contributed by atoms with E-state index in [1.165, 1.54) is 17.0 Å².